The van der Waals surface area contributed by atoms with E-state index in [0.29, 0.717) is 37.0 Å². The maximum Gasteiger partial charge on any atom is 0.155 e. The van der Waals surface area contributed by atoms with E-state index in [2.05, 4.69) is 4.90 Å². The highest BCUT2D eigenvalue weighted by Crippen LogP contribution is 2.43. The van der Waals surface area contributed by atoms with Crippen molar-refractivity contribution in [3.8, 4) is 0 Å². The second-order valence-electron chi connectivity index (χ2n) is 9.58. The normalized spacial score (nSPS) is 16.5. The summed E-state index contributed by atoms with van der Waals surface area (Å²) in [5.74, 6) is -1.70. The molecule has 0 aliphatic carbocycles. The first-order valence-electron chi connectivity index (χ1n) is 11.6. The van der Waals surface area contributed by atoms with Gasteiger partial charge >= 0.3 is 0 Å². The highest BCUT2D eigenvalue weighted by Gasteiger charge is 2.48. The molecule has 4 rings (SSSR count). The Morgan fingerprint density at radius 3 is 2.00 bits per heavy atom. The van der Waals surface area contributed by atoms with Crippen LogP contribution < -0.4 is 5.73 Å². The van der Waals surface area contributed by atoms with Gasteiger partial charge in [-0.05, 0) is 59.5 Å². The highest BCUT2D eigenvalue weighted by atomic mass is 35.5. The number of rotatable bonds is 10. The fourth-order valence-electron chi connectivity index (χ4n) is 5.14. The lowest BCUT2D eigenvalue weighted by Gasteiger charge is -2.53. The minimum atomic E-state index is -3.65. The maximum absolute atomic E-state index is 13.6. The Morgan fingerprint density at radius 2 is 1.47 bits per heavy atom. The number of nitrogens with two attached hydrogens (primary N) is 1. The van der Waals surface area contributed by atoms with Crippen LogP contribution in [0.3, 0.4) is 0 Å². The predicted octanol–water partition coefficient (Wildman–Crippen LogP) is 5.71. The lowest BCUT2D eigenvalue weighted by Crippen LogP contribution is -2.61. The summed E-state index contributed by atoms with van der Waals surface area (Å²) in [6, 6.07) is 18.4. The molecule has 4 nitrogen and oxygen atoms in total. The molecular formula is C27H28Cl2F2N2O2S. The fourth-order valence-corrected chi connectivity index (χ4v) is 7.48. The summed E-state index contributed by atoms with van der Waals surface area (Å²) in [5, 5.41) is 0.635. The van der Waals surface area contributed by atoms with Gasteiger partial charge in [0.25, 0.3) is 0 Å². The Morgan fingerprint density at radius 1 is 0.917 bits per heavy atom. The minimum Gasteiger partial charge on any atom is -0.330 e. The van der Waals surface area contributed by atoms with Crippen LogP contribution in [0.15, 0.2) is 66.7 Å². The Bertz CT molecular complexity index is 1280. The van der Waals surface area contributed by atoms with Crippen LogP contribution in [0.25, 0.3) is 0 Å². The maximum atomic E-state index is 13.6. The molecule has 1 heterocycles. The van der Waals surface area contributed by atoms with E-state index in [0.717, 1.165) is 34.9 Å². The van der Waals surface area contributed by atoms with Crippen molar-refractivity contribution in [2.45, 2.75) is 24.1 Å². The average molecular weight is 554 g/mol. The molecule has 0 aromatic heterocycles. The molecule has 2 N–H and O–H groups in total. The summed E-state index contributed by atoms with van der Waals surface area (Å²) in [5.41, 5.74) is 8.56. The molecule has 192 valence electrons. The summed E-state index contributed by atoms with van der Waals surface area (Å²) in [4.78, 5) is 2.23. The summed E-state index contributed by atoms with van der Waals surface area (Å²) in [6.07, 6.45) is 0.527. The van der Waals surface area contributed by atoms with Crippen LogP contribution in [0.5, 0.6) is 0 Å². The number of nitrogens with zero attached hydrogens (tertiary/aromatic N) is 1. The number of alkyl halides is 1. The molecule has 0 bridgehead atoms. The van der Waals surface area contributed by atoms with Gasteiger partial charge < -0.3 is 5.73 Å². The molecule has 1 fully saturated rings. The molecular weight excluding hydrogens is 525 g/mol. The summed E-state index contributed by atoms with van der Waals surface area (Å²) in [7, 11) is -3.65. The van der Waals surface area contributed by atoms with Crippen LogP contribution in [0, 0.1) is 17.0 Å². The quantitative estimate of drug-likeness (QED) is 0.327. The average Bonchev–Trinajstić information content (AvgIpc) is 2.78. The minimum absolute atomic E-state index is 0.0995. The van der Waals surface area contributed by atoms with Crippen LogP contribution in [0.4, 0.5) is 8.78 Å². The largest absolute Gasteiger partial charge is 0.330 e. The van der Waals surface area contributed by atoms with Gasteiger partial charge in [-0.2, -0.15) is 0 Å². The molecule has 0 amide bonds. The Labute approximate surface area is 220 Å². The van der Waals surface area contributed by atoms with Crippen molar-refractivity contribution in [1.29, 1.82) is 0 Å². The lowest BCUT2D eigenvalue weighted by molar-refractivity contribution is -0.00964. The number of benzene rings is 3. The SMILES string of the molecule is NCCC1(CS(=O)(=O)Cc2cc(F)cc(F)c2)CN(C(c2ccc(Cl)cc2)c2ccc(CCl)cc2)C1. The van der Waals surface area contributed by atoms with Gasteiger partial charge in [-0.1, -0.05) is 48.0 Å². The van der Waals surface area contributed by atoms with Gasteiger partial charge in [0.15, 0.2) is 9.84 Å². The van der Waals surface area contributed by atoms with Gasteiger partial charge in [-0.25, -0.2) is 17.2 Å². The Hall–Kier alpha value is -2.03. The van der Waals surface area contributed by atoms with E-state index in [9.17, 15) is 17.2 Å². The number of hydrogen-bond acceptors (Lipinski definition) is 4. The van der Waals surface area contributed by atoms with Crippen molar-refractivity contribution in [3.63, 3.8) is 0 Å². The molecule has 3 aromatic carbocycles. The Kier molecular flexibility index (Phi) is 8.37. The van der Waals surface area contributed by atoms with Gasteiger partial charge in [0, 0.05) is 35.5 Å². The van der Waals surface area contributed by atoms with E-state index < -0.39 is 32.6 Å². The van der Waals surface area contributed by atoms with E-state index >= 15 is 0 Å². The fraction of sp³-hybridized carbons (Fsp3) is 0.333. The molecule has 0 saturated carbocycles. The van der Waals surface area contributed by atoms with Crippen LogP contribution in [-0.2, 0) is 21.5 Å². The molecule has 9 heteroatoms. The zero-order chi connectivity index (χ0) is 25.9. The molecule has 1 unspecified atom stereocenters. The molecule has 1 aliphatic heterocycles. The van der Waals surface area contributed by atoms with Crippen molar-refractivity contribution in [3.05, 3.63) is 106 Å². The molecule has 0 spiro atoms. The van der Waals surface area contributed by atoms with Crippen LogP contribution in [0.1, 0.15) is 34.7 Å². The zero-order valence-corrected chi connectivity index (χ0v) is 22.0. The first-order valence-corrected chi connectivity index (χ1v) is 14.4. The molecule has 0 radical (unpaired) electrons. The molecule has 1 atom stereocenters. The topological polar surface area (TPSA) is 63.4 Å². The van der Waals surface area contributed by atoms with Crippen LogP contribution >= 0.6 is 23.2 Å². The lowest BCUT2D eigenvalue weighted by atomic mass is 9.76. The highest BCUT2D eigenvalue weighted by molar-refractivity contribution is 7.90. The van der Waals surface area contributed by atoms with Crippen LogP contribution in [-0.4, -0.2) is 38.7 Å². The van der Waals surface area contributed by atoms with Crippen molar-refractivity contribution in [2.24, 2.45) is 11.1 Å². The van der Waals surface area contributed by atoms with Crippen molar-refractivity contribution in [2.75, 3.05) is 25.4 Å². The summed E-state index contributed by atoms with van der Waals surface area (Å²) < 4.78 is 53.4. The van der Waals surface area contributed by atoms with Gasteiger partial charge in [0.1, 0.15) is 11.6 Å². The first-order chi connectivity index (χ1) is 17.1. The molecule has 36 heavy (non-hydrogen) atoms. The van der Waals surface area contributed by atoms with Crippen molar-refractivity contribution >= 4 is 33.0 Å². The number of halogens is 4. The number of hydrogen-bond donors (Lipinski definition) is 1. The molecule has 1 saturated heterocycles. The third kappa shape index (κ3) is 6.45. The van der Waals surface area contributed by atoms with E-state index in [1.54, 1.807) is 0 Å². The molecule has 3 aromatic rings. The molecule has 1 aliphatic rings. The zero-order valence-electron chi connectivity index (χ0n) is 19.6. The summed E-state index contributed by atoms with van der Waals surface area (Å²) in [6.45, 7) is 1.38. The van der Waals surface area contributed by atoms with Gasteiger partial charge in [0.2, 0.25) is 0 Å². The second kappa shape index (κ2) is 11.2. The first kappa shape index (κ1) is 27.0. The monoisotopic (exact) mass is 552 g/mol. The standard InChI is InChI=1S/C27H28Cl2F2N2O2S/c28-14-19-1-3-21(4-2-19)26(22-5-7-23(29)8-6-22)33-16-27(17-33,9-10-32)18-36(34,35)15-20-11-24(30)13-25(31)12-20/h1-8,11-13,26H,9-10,14-18,32H2. The van der Waals surface area contributed by atoms with E-state index in [1.165, 1.54) is 0 Å². The van der Waals surface area contributed by atoms with Gasteiger partial charge in [-0.15, -0.1) is 11.6 Å². The van der Waals surface area contributed by atoms with Crippen molar-refractivity contribution < 1.29 is 17.2 Å². The second-order valence-corrected chi connectivity index (χ2v) is 12.4. The number of sulfone groups is 1. The van der Waals surface area contributed by atoms with Gasteiger partial charge in [-0.3, -0.25) is 4.90 Å². The predicted molar refractivity (Wildman–Crippen MR) is 141 cm³/mol. The van der Waals surface area contributed by atoms with E-state index in [4.69, 9.17) is 28.9 Å². The van der Waals surface area contributed by atoms with Crippen LogP contribution in [0.2, 0.25) is 5.02 Å². The third-order valence-electron chi connectivity index (χ3n) is 6.59. The summed E-state index contributed by atoms with van der Waals surface area (Å²) >= 11 is 12.1. The third-order valence-corrected chi connectivity index (χ3v) is 8.97. The Balaban J connectivity index is 1.57. The van der Waals surface area contributed by atoms with Gasteiger partial charge in [0.05, 0.1) is 17.5 Å². The smallest absolute Gasteiger partial charge is 0.155 e. The number of likely N-dealkylation sites (tertiary alicyclic amines) is 1. The van der Waals surface area contributed by atoms with E-state index in [1.807, 2.05) is 48.5 Å². The van der Waals surface area contributed by atoms with E-state index in [-0.39, 0.29) is 17.4 Å². The van der Waals surface area contributed by atoms with Crippen molar-refractivity contribution in [1.82, 2.24) is 4.90 Å².